The van der Waals surface area contributed by atoms with Crippen LogP contribution in [0.3, 0.4) is 0 Å². The van der Waals surface area contributed by atoms with Crippen LogP contribution in [0.1, 0.15) is 39.5 Å². The first-order valence-corrected chi connectivity index (χ1v) is 6.19. The number of hydrogen-bond donors (Lipinski definition) is 2. The maximum absolute atomic E-state index is 11.7. The zero-order valence-corrected chi connectivity index (χ0v) is 10.6. The molecule has 4 nitrogen and oxygen atoms in total. The molecule has 0 bridgehead atoms. The van der Waals surface area contributed by atoms with Crippen molar-refractivity contribution in [3.63, 3.8) is 0 Å². The van der Waals surface area contributed by atoms with Crippen LogP contribution in [0.15, 0.2) is 0 Å². The Balaban J connectivity index is 2.29. The molecule has 1 rings (SSSR count). The maximum atomic E-state index is 11.7. The van der Waals surface area contributed by atoms with E-state index in [1.165, 1.54) is 12.8 Å². The molecule has 94 valence electrons. The van der Waals surface area contributed by atoms with E-state index in [4.69, 9.17) is 4.74 Å². The highest BCUT2D eigenvalue weighted by atomic mass is 16.5. The van der Waals surface area contributed by atoms with Crippen LogP contribution in [0.5, 0.6) is 0 Å². The predicted octanol–water partition coefficient (Wildman–Crippen LogP) is 1.90. The zero-order chi connectivity index (χ0) is 12.0. The van der Waals surface area contributed by atoms with Gasteiger partial charge in [-0.2, -0.15) is 0 Å². The highest BCUT2D eigenvalue weighted by Crippen LogP contribution is 2.17. The first-order valence-electron chi connectivity index (χ1n) is 6.19. The van der Waals surface area contributed by atoms with Crippen molar-refractivity contribution in [3.8, 4) is 0 Å². The molecule has 0 heterocycles. The molecule has 1 atom stereocenters. The number of urea groups is 1. The lowest BCUT2D eigenvalue weighted by Crippen LogP contribution is -2.49. The molecule has 0 aromatic carbocycles. The van der Waals surface area contributed by atoms with Crippen LogP contribution in [0.2, 0.25) is 0 Å². The van der Waals surface area contributed by atoms with Gasteiger partial charge in [-0.3, -0.25) is 0 Å². The summed E-state index contributed by atoms with van der Waals surface area (Å²) < 4.78 is 5.09. The Morgan fingerprint density at radius 2 is 2.00 bits per heavy atom. The van der Waals surface area contributed by atoms with E-state index in [0.29, 0.717) is 18.6 Å². The Morgan fingerprint density at radius 1 is 1.38 bits per heavy atom. The van der Waals surface area contributed by atoms with Crippen LogP contribution in [0, 0.1) is 5.92 Å². The van der Waals surface area contributed by atoms with Crippen molar-refractivity contribution in [1.82, 2.24) is 10.6 Å². The minimum absolute atomic E-state index is 0.0531. The largest absolute Gasteiger partial charge is 0.383 e. The van der Waals surface area contributed by atoms with Crippen molar-refractivity contribution in [1.29, 1.82) is 0 Å². The second-order valence-electron chi connectivity index (χ2n) is 4.91. The molecule has 1 aliphatic rings. The fraction of sp³-hybridized carbons (Fsp3) is 0.917. The monoisotopic (exact) mass is 228 g/mol. The van der Waals surface area contributed by atoms with Gasteiger partial charge in [0.2, 0.25) is 0 Å². The topological polar surface area (TPSA) is 50.4 Å². The fourth-order valence-corrected chi connectivity index (χ4v) is 2.05. The first kappa shape index (κ1) is 13.3. The van der Waals surface area contributed by atoms with E-state index in [1.54, 1.807) is 7.11 Å². The van der Waals surface area contributed by atoms with Crippen molar-refractivity contribution in [2.75, 3.05) is 13.7 Å². The molecule has 1 unspecified atom stereocenters. The Hall–Kier alpha value is -0.770. The molecule has 1 aliphatic carbocycles. The third-order valence-corrected chi connectivity index (χ3v) is 3.16. The molecular weight excluding hydrogens is 204 g/mol. The van der Waals surface area contributed by atoms with Crippen LogP contribution in [0.25, 0.3) is 0 Å². The van der Waals surface area contributed by atoms with Crippen molar-refractivity contribution in [2.24, 2.45) is 5.92 Å². The van der Waals surface area contributed by atoms with Gasteiger partial charge in [-0.1, -0.05) is 26.7 Å². The number of amides is 2. The summed E-state index contributed by atoms with van der Waals surface area (Å²) in [5, 5.41) is 5.99. The summed E-state index contributed by atoms with van der Waals surface area (Å²) in [6, 6.07) is 0.407. The highest BCUT2D eigenvalue weighted by Gasteiger charge is 2.20. The van der Waals surface area contributed by atoms with Crippen LogP contribution in [-0.4, -0.2) is 31.8 Å². The van der Waals surface area contributed by atoms with Crippen molar-refractivity contribution in [2.45, 2.75) is 51.6 Å². The second-order valence-corrected chi connectivity index (χ2v) is 4.91. The second kappa shape index (κ2) is 6.74. The summed E-state index contributed by atoms with van der Waals surface area (Å²) in [5.41, 5.74) is 0. The molecule has 0 aromatic rings. The summed E-state index contributed by atoms with van der Waals surface area (Å²) in [5.74, 6) is 0.384. The van der Waals surface area contributed by atoms with Gasteiger partial charge >= 0.3 is 6.03 Å². The minimum Gasteiger partial charge on any atom is -0.383 e. The average Bonchev–Trinajstić information content (AvgIpc) is 2.69. The van der Waals surface area contributed by atoms with Gasteiger partial charge < -0.3 is 15.4 Å². The molecule has 2 N–H and O–H groups in total. The van der Waals surface area contributed by atoms with Crippen molar-refractivity contribution >= 4 is 6.03 Å². The molecule has 4 heteroatoms. The summed E-state index contributed by atoms with van der Waals surface area (Å²) >= 11 is 0. The average molecular weight is 228 g/mol. The standard InChI is InChI=1S/C12H24N2O2/c1-9(2)11(8-16-3)14-12(15)13-10-6-4-5-7-10/h9-11H,4-8H2,1-3H3,(H2,13,14,15). The van der Waals surface area contributed by atoms with E-state index in [0.717, 1.165) is 12.8 Å². The van der Waals surface area contributed by atoms with Crippen molar-refractivity contribution in [3.05, 3.63) is 0 Å². The normalized spacial score (nSPS) is 18.8. The highest BCUT2D eigenvalue weighted by molar-refractivity contribution is 5.74. The molecule has 2 amide bonds. The molecule has 1 fully saturated rings. The first-order chi connectivity index (χ1) is 7.63. The molecular formula is C12H24N2O2. The molecule has 0 saturated heterocycles. The number of carbonyl (C=O) groups excluding carboxylic acids is 1. The summed E-state index contributed by atoms with van der Waals surface area (Å²) in [6.45, 7) is 4.73. The Bertz CT molecular complexity index is 213. The predicted molar refractivity (Wildman–Crippen MR) is 64.4 cm³/mol. The zero-order valence-electron chi connectivity index (χ0n) is 10.6. The molecule has 0 aromatic heterocycles. The Morgan fingerprint density at radius 3 is 2.50 bits per heavy atom. The van der Waals surface area contributed by atoms with Gasteiger partial charge in [0.1, 0.15) is 0 Å². The van der Waals surface area contributed by atoms with Crippen LogP contribution >= 0.6 is 0 Å². The van der Waals surface area contributed by atoms with Gasteiger partial charge in [-0.15, -0.1) is 0 Å². The smallest absolute Gasteiger partial charge is 0.315 e. The number of hydrogen-bond acceptors (Lipinski definition) is 2. The number of rotatable bonds is 5. The Kier molecular flexibility index (Phi) is 5.60. The van der Waals surface area contributed by atoms with Gasteiger partial charge in [-0.05, 0) is 18.8 Å². The molecule has 0 radical (unpaired) electrons. The van der Waals surface area contributed by atoms with Gasteiger partial charge in [-0.25, -0.2) is 4.79 Å². The molecule has 16 heavy (non-hydrogen) atoms. The number of methoxy groups -OCH3 is 1. The number of carbonyl (C=O) groups is 1. The summed E-state index contributed by atoms with van der Waals surface area (Å²) in [6.07, 6.45) is 4.70. The third kappa shape index (κ3) is 4.39. The fourth-order valence-electron chi connectivity index (χ4n) is 2.05. The van der Waals surface area contributed by atoms with Gasteiger partial charge in [0.05, 0.1) is 12.6 Å². The number of ether oxygens (including phenoxy) is 1. The number of nitrogens with one attached hydrogen (secondary N) is 2. The minimum atomic E-state index is -0.0531. The maximum Gasteiger partial charge on any atom is 0.315 e. The van der Waals surface area contributed by atoms with E-state index in [1.807, 2.05) is 0 Å². The van der Waals surface area contributed by atoms with Crippen LogP contribution in [0.4, 0.5) is 4.79 Å². The lowest BCUT2D eigenvalue weighted by Gasteiger charge is -2.23. The lowest BCUT2D eigenvalue weighted by molar-refractivity contribution is 0.147. The van der Waals surface area contributed by atoms with Gasteiger partial charge in [0, 0.05) is 13.2 Å². The van der Waals surface area contributed by atoms with E-state index in [9.17, 15) is 4.79 Å². The SMILES string of the molecule is COCC(NC(=O)NC1CCCC1)C(C)C. The van der Waals surface area contributed by atoms with Gasteiger partial charge in [0.25, 0.3) is 0 Å². The van der Waals surface area contributed by atoms with Crippen LogP contribution < -0.4 is 10.6 Å². The van der Waals surface area contributed by atoms with Crippen LogP contribution in [-0.2, 0) is 4.74 Å². The van der Waals surface area contributed by atoms with E-state index < -0.39 is 0 Å². The van der Waals surface area contributed by atoms with Crippen molar-refractivity contribution < 1.29 is 9.53 Å². The molecule has 1 saturated carbocycles. The third-order valence-electron chi connectivity index (χ3n) is 3.16. The lowest BCUT2D eigenvalue weighted by atomic mass is 10.1. The van der Waals surface area contributed by atoms with E-state index in [-0.39, 0.29) is 12.1 Å². The molecule has 0 spiro atoms. The summed E-state index contributed by atoms with van der Waals surface area (Å²) in [4.78, 5) is 11.7. The summed E-state index contributed by atoms with van der Waals surface area (Å²) in [7, 11) is 1.66. The van der Waals surface area contributed by atoms with Gasteiger partial charge in [0.15, 0.2) is 0 Å². The Labute approximate surface area is 98.1 Å². The van der Waals surface area contributed by atoms with E-state index >= 15 is 0 Å². The van der Waals surface area contributed by atoms with E-state index in [2.05, 4.69) is 24.5 Å². The molecule has 0 aliphatic heterocycles. The quantitative estimate of drug-likeness (QED) is 0.755.